The summed E-state index contributed by atoms with van der Waals surface area (Å²) in [5.74, 6) is -2.54. The van der Waals surface area contributed by atoms with Crippen molar-refractivity contribution in [1.29, 1.82) is 0 Å². The molecule has 1 heterocycles. The SMILES string of the molecule is C=CCOc1ccc(C(=O)C2C(=O)C(=O)N(CCOC)C2c2ccc(O)c(OCC)c2)cc1. The Kier molecular flexibility index (Phi) is 7.84. The number of rotatable bonds is 11. The number of hydrogen-bond donors (Lipinski definition) is 1. The van der Waals surface area contributed by atoms with E-state index < -0.39 is 29.4 Å². The molecule has 0 bridgehead atoms. The van der Waals surface area contributed by atoms with E-state index in [9.17, 15) is 19.5 Å². The van der Waals surface area contributed by atoms with Crippen molar-refractivity contribution in [3.05, 3.63) is 66.2 Å². The van der Waals surface area contributed by atoms with E-state index >= 15 is 0 Å². The van der Waals surface area contributed by atoms with Crippen LogP contribution >= 0.6 is 0 Å². The van der Waals surface area contributed by atoms with Gasteiger partial charge in [-0.1, -0.05) is 18.7 Å². The summed E-state index contributed by atoms with van der Waals surface area (Å²) in [6, 6.07) is 10.1. The fourth-order valence-electron chi connectivity index (χ4n) is 3.83. The van der Waals surface area contributed by atoms with E-state index in [-0.39, 0.29) is 30.2 Å². The highest BCUT2D eigenvalue weighted by Crippen LogP contribution is 2.41. The molecule has 2 aromatic carbocycles. The van der Waals surface area contributed by atoms with Gasteiger partial charge in [-0.25, -0.2) is 0 Å². The van der Waals surface area contributed by atoms with E-state index in [0.717, 1.165) is 0 Å². The molecular formula is C25H27NO7. The van der Waals surface area contributed by atoms with Gasteiger partial charge < -0.3 is 24.2 Å². The molecule has 2 aromatic rings. The van der Waals surface area contributed by atoms with Gasteiger partial charge in [0.15, 0.2) is 17.3 Å². The Labute approximate surface area is 192 Å². The van der Waals surface area contributed by atoms with Crippen molar-refractivity contribution in [3.63, 3.8) is 0 Å². The number of carbonyl (C=O) groups is 3. The van der Waals surface area contributed by atoms with Crippen molar-refractivity contribution in [1.82, 2.24) is 4.90 Å². The molecule has 2 atom stereocenters. The van der Waals surface area contributed by atoms with Crippen LogP contribution < -0.4 is 9.47 Å². The number of methoxy groups -OCH3 is 1. The molecular weight excluding hydrogens is 426 g/mol. The topological polar surface area (TPSA) is 102 Å². The average molecular weight is 453 g/mol. The predicted molar refractivity (Wildman–Crippen MR) is 121 cm³/mol. The molecule has 0 aliphatic carbocycles. The number of amides is 1. The number of aromatic hydroxyl groups is 1. The number of ether oxygens (including phenoxy) is 3. The zero-order valence-corrected chi connectivity index (χ0v) is 18.7. The van der Waals surface area contributed by atoms with Gasteiger partial charge in [0.2, 0.25) is 5.78 Å². The monoisotopic (exact) mass is 453 g/mol. The maximum Gasteiger partial charge on any atom is 0.291 e. The van der Waals surface area contributed by atoms with Gasteiger partial charge in [0.05, 0.1) is 19.3 Å². The third-order valence-corrected chi connectivity index (χ3v) is 5.36. The lowest BCUT2D eigenvalue weighted by atomic mass is 9.86. The van der Waals surface area contributed by atoms with Crippen LogP contribution in [0.4, 0.5) is 0 Å². The average Bonchev–Trinajstić information content (AvgIpc) is 3.07. The number of hydrogen-bond acceptors (Lipinski definition) is 7. The summed E-state index contributed by atoms with van der Waals surface area (Å²) in [5.41, 5.74) is 0.797. The Morgan fingerprint density at radius 1 is 1.15 bits per heavy atom. The largest absolute Gasteiger partial charge is 0.504 e. The summed E-state index contributed by atoms with van der Waals surface area (Å²) in [5, 5.41) is 10.1. The molecule has 0 spiro atoms. The molecule has 0 aromatic heterocycles. The van der Waals surface area contributed by atoms with Crippen molar-refractivity contribution < 1.29 is 33.7 Å². The van der Waals surface area contributed by atoms with Crippen molar-refractivity contribution in [2.45, 2.75) is 13.0 Å². The van der Waals surface area contributed by atoms with Crippen molar-refractivity contribution >= 4 is 17.5 Å². The second kappa shape index (κ2) is 10.8. The van der Waals surface area contributed by atoms with E-state index in [1.54, 1.807) is 49.4 Å². The summed E-state index contributed by atoms with van der Waals surface area (Å²) in [4.78, 5) is 40.6. The first kappa shape index (κ1) is 24.0. The lowest BCUT2D eigenvalue weighted by Crippen LogP contribution is -2.33. The van der Waals surface area contributed by atoms with Crippen LogP contribution in [0, 0.1) is 5.92 Å². The van der Waals surface area contributed by atoms with Crippen LogP contribution in [0.3, 0.4) is 0 Å². The van der Waals surface area contributed by atoms with Crippen LogP contribution in [-0.2, 0) is 14.3 Å². The van der Waals surface area contributed by atoms with Gasteiger partial charge in [0, 0.05) is 19.2 Å². The third kappa shape index (κ3) is 5.06. The number of ketones is 2. The van der Waals surface area contributed by atoms with Crippen LogP contribution in [-0.4, -0.2) is 61.0 Å². The van der Waals surface area contributed by atoms with Gasteiger partial charge in [0.1, 0.15) is 18.3 Å². The molecule has 174 valence electrons. The highest BCUT2D eigenvalue weighted by molar-refractivity contribution is 6.44. The minimum absolute atomic E-state index is 0.0716. The number of likely N-dealkylation sites (tertiary alicyclic amines) is 1. The van der Waals surface area contributed by atoms with Crippen LogP contribution in [0.25, 0.3) is 0 Å². The van der Waals surface area contributed by atoms with E-state index in [2.05, 4.69) is 6.58 Å². The van der Waals surface area contributed by atoms with Crippen LogP contribution in [0.15, 0.2) is 55.1 Å². The maximum absolute atomic E-state index is 13.4. The zero-order chi connectivity index (χ0) is 24.0. The highest BCUT2D eigenvalue weighted by Gasteiger charge is 2.51. The predicted octanol–water partition coefficient (Wildman–Crippen LogP) is 2.95. The number of carbonyl (C=O) groups excluding carboxylic acids is 3. The van der Waals surface area contributed by atoms with Crippen molar-refractivity contribution in [2.75, 3.05) is 33.5 Å². The smallest absolute Gasteiger partial charge is 0.291 e. The van der Waals surface area contributed by atoms with Gasteiger partial charge in [-0.05, 0) is 48.9 Å². The molecule has 3 rings (SSSR count). The van der Waals surface area contributed by atoms with Crippen molar-refractivity contribution in [3.8, 4) is 17.2 Å². The molecule has 1 aliphatic heterocycles. The molecule has 1 saturated heterocycles. The summed E-state index contributed by atoms with van der Waals surface area (Å²) < 4.78 is 16.0. The first-order valence-corrected chi connectivity index (χ1v) is 10.6. The van der Waals surface area contributed by atoms with Crippen LogP contribution in [0.1, 0.15) is 28.9 Å². The summed E-state index contributed by atoms with van der Waals surface area (Å²) in [7, 11) is 1.49. The van der Waals surface area contributed by atoms with E-state index in [1.165, 1.54) is 18.1 Å². The molecule has 1 fully saturated rings. The Balaban J connectivity index is 2.01. The Bertz CT molecular complexity index is 1030. The highest BCUT2D eigenvalue weighted by atomic mass is 16.5. The number of phenolic OH excluding ortho intramolecular Hbond substituents is 1. The number of nitrogens with zero attached hydrogens (tertiary/aromatic N) is 1. The Hall–Kier alpha value is -3.65. The van der Waals surface area contributed by atoms with Crippen molar-refractivity contribution in [2.24, 2.45) is 5.92 Å². The Morgan fingerprint density at radius 3 is 2.52 bits per heavy atom. The fraction of sp³-hybridized carbons (Fsp3) is 0.320. The quantitative estimate of drug-likeness (QED) is 0.242. The summed E-state index contributed by atoms with van der Waals surface area (Å²) >= 11 is 0. The van der Waals surface area contributed by atoms with E-state index in [1.807, 2.05) is 0 Å². The van der Waals surface area contributed by atoms with E-state index in [4.69, 9.17) is 14.2 Å². The molecule has 0 radical (unpaired) electrons. The maximum atomic E-state index is 13.4. The first-order valence-electron chi connectivity index (χ1n) is 10.6. The molecule has 33 heavy (non-hydrogen) atoms. The lowest BCUT2D eigenvalue weighted by molar-refractivity contribution is -0.141. The van der Waals surface area contributed by atoms with Gasteiger partial charge >= 0.3 is 0 Å². The Morgan fingerprint density at radius 2 is 1.88 bits per heavy atom. The third-order valence-electron chi connectivity index (χ3n) is 5.36. The minimum atomic E-state index is -1.24. The minimum Gasteiger partial charge on any atom is -0.504 e. The first-order chi connectivity index (χ1) is 15.9. The fourth-order valence-corrected chi connectivity index (χ4v) is 3.83. The van der Waals surface area contributed by atoms with Gasteiger partial charge in [-0.3, -0.25) is 14.4 Å². The second-order valence-electron chi connectivity index (χ2n) is 7.43. The standard InChI is InChI=1S/C25H27NO7/c1-4-13-33-18-9-6-16(7-10-18)23(28)21-22(26(12-14-31-3)25(30)24(21)29)17-8-11-19(27)20(15-17)32-5-2/h4,6-11,15,21-22,27H,1,5,12-14H2,2-3H3. The zero-order valence-electron chi connectivity index (χ0n) is 18.7. The number of Topliss-reactive ketones (excluding diaryl/α,β-unsaturated/α-hetero) is 2. The molecule has 2 unspecified atom stereocenters. The summed E-state index contributed by atoms with van der Waals surface area (Å²) in [6.07, 6.45) is 1.61. The molecule has 8 heteroatoms. The molecule has 1 N–H and O–H groups in total. The van der Waals surface area contributed by atoms with Crippen LogP contribution in [0.5, 0.6) is 17.2 Å². The molecule has 1 amide bonds. The van der Waals surface area contributed by atoms with Gasteiger partial charge in [-0.2, -0.15) is 0 Å². The normalized spacial score (nSPS) is 17.8. The number of phenols is 1. The number of benzene rings is 2. The second-order valence-corrected chi connectivity index (χ2v) is 7.43. The lowest BCUT2D eigenvalue weighted by Gasteiger charge is -2.27. The van der Waals surface area contributed by atoms with Gasteiger partial charge in [0.25, 0.3) is 5.91 Å². The molecule has 1 aliphatic rings. The van der Waals surface area contributed by atoms with Crippen LogP contribution in [0.2, 0.25) is 0 Å². The molecule has 0 saturated carbocycles. The molecule has 8 nitrogen and oxygen atoms in total. The van der Waals surface area contributed by atoms with Gasteiger partial charge in [-0.15, -0.1) is 0 Å². The summed E-state index contributed by atoms with van der Waals surface area (Å²) in [6.45, 7) is 6.33. The van der Waals surface area contributed by atoms with E-state index in [0.29, 0.717) is 24.5 Å².